The van der Waals surface area contributed by atoms with Crippen LogP contribution in [0.4, 0.5) is 5.69 Å². The molecule has 7 nitrogen and oxygen atoms in total. The molecule has 0 saturated carbocycles. The number of rotatable bonds is 7. The average Bonchev–Trinajstić information content (AvgIpc) is 3.19. The lowest BCUT2D eigenvalue weighted by molar-refractivity contribution is -0.113. The summed E-state index contributed by atoms with van der Waals surface area (Å²) in [6.45, 7) is 6.11. The Hall–Kier alpha value is -3.39. The third kappa shape index (κ3) is 4.91. The maximum Gasteiger partial charge on any atom is 0.253 e. The summed E-state index contributed by atoms with van der Waals surface area (Å²) < 4.78 is 6.95. The summed E-state index contributed by atoms with van der Waals surface area (Å²) in [5.41, 5.74) is 6.24. The minimum Gasteiger partial charge on any atom is -0.497 e. The number of hydrogen-bond acceptors (Lipinski definition) is 6. The van der Waals surface area contributed by atoms with Gasteiger partial charge in [-0.2, -0.15) is 4.98 Å². The Morgan fingerprint density at radius 1 is 1.09 bits per heavy atom. The van der Waals surface area contributed by atoms with Crippen molar-refractivity contribution in [1.29, 1.82) is 0 Å². The number of thioether (sulfide) groups is 1. The van der Waals surface area contributed by atoms with E-state index in [0.717, 1.165) is 23.4 Å². The van der Waals surface area contributed by atoms with Gasteiger partial charge >= 0.3 is 0 Å². The number of benzene rings is 2. The van der Waals surface area contributed by atoms with E-state index in [0.29, 0.717) is 22.4 Å². The van der Waals surface area contributed by atoms with E-state index < -0.39 is 0 Å². The molecular weight excluding hydrogens is 422 g/mol. The topological polar surface area (TPSA) is 81.4 Å². The Labute approximate surface area is 191 Å². The predicted molar refractivity (Wildman–Crippen MR) is 127 cm³/mol. The van der Waals surface area contributed by atoms with Gasteiger partial charge in [-0.25, -0.2) is 9.50 Å². The summed E-state index contributed by atoms with van der Waals surface area (Å²) >= 11 is 1.28. The van der Waals surface area contributed by atoms with Crippen LogP contribution < -0.4 is 10.1 Å². The zero-order valence-corrected chi connectivity index (χ0v) is 19.4. The standard InChI is InChI=1S/C24H25N5O2S/c1-15-8-10-18(11-9-15)12-21-16(2)25-23-27-24(28-29(23)17(21)3)32-14-22(30)26-19-6-5-7-20(13-19)31-4/h5-11,13H,12,14H2,1-4H3,(H,26,30). The number of nitrogens with zero attached hydrogens (tertiary/aromatic N) is 4. The molecular formula is C24H25N5O2S. The molecule has 8 heteroatoms. The van der Waals surface area contributed by atoms with Crippen molar-refractivity contribution in [3.63, 3.8) is 0 Å². The van der Waals surface area contributed by atoms with E-state index in [2.05, 4.69) is 51.6 Å². The number of nitrogens with one attached hydrogen (secondary N) is 1. The molecule has 1 N–H and O–H groups in total. The normalized spacial score (nSPS) is 11.0. The second-order valence-corrected chi connectivity index (χ2v) is 8.54. The van der Waals surface area contributed by atoms with Crippen molar-refractivity contribution in [2.45, 2.75) is 32.3 Å². The minimum atomic E-state index is -0.136. The first kappa shape index (κ1) is 21.8. The molecule has 2 heterocycles. The van der Waals surface area contributed by atoms with Crippen molar-refractivity contribution in [1.82, 2.24) is 19.6 Å². The number of amides is 1. The van der Waals surface area contributed by atoms with Crippen molar-refractivity contribution in [2.75, 3.05) is 18.2 Å². The van der Waals surface area contributed by atoms with Crippen molar-refractivity contribution in [3.05, 3.63) is 76.6 Å². The largest absolute Gasteiger partial charge is 0.497 e. The van der Waals surface area contributed by atoms with Crippen molar-refractivity contribution < 1.29 is 9.53 Å². The van der Waals surface area contributed by atoms with Crippen LogP contribution in [0.15, 0.2) is 53.7 Å². The molecule has 0 fully saturated rings. The molecule has 0 aliphatic heterocycles. The fraction of sp³-hybridized carbons (Fsp3) is 0.250. The fourth-order valence-corrected chi connectivity index (χ4v) is 4.06. The van der Waals surface area contributed by atoms with Crippen molar-refractivity contribution in [2.24, 2.45) is 0 Å². The molecule has 32 heavy (non-hydrogen) atoms. The zero-order chi connectivity index (χ0) is 22.7. The molecule has 0 spiro atoms. The molecule has 0 bridgehead atoms. The van der Waals surface area contributed by atoms with Crippen LogP contribution in [-0.2, 0) is 11.2 Å². The molecule has 0 aliphatic carbocycles. The first-order valence-electron chi connectivity index (χ1n) is 10.3. The summed E-state index contributed by atoms with van der Waals surface area (Å²) in [7, 11) is 1.59. The number of methoxy groups -OCH3 is 1. The maximum atomic E-state index is 12.4. The van der Waals surface area contributed by atoms with E-state index in [1.54, 1.807) is 17.7 Å². The number of aromatic nitrogens is 4. The van der Waals surface area contributed by atoms with E-state index in [1.165, 1.54) is 22.9 Å². The second kappa shape index (κ2) is 9.40. The van der Waals surface area contributed by atoms with Gasteiger partial charge in [0.2, 0.25) is 11.1 Å². The van der Waals surface area contributed by atoms with Gasteiger partial charge in [0.15, 0.2) is 0 Å². The molecule has 0 radical (unpaired) electrons. The number of fused-ring (bicyclic) bond motifs is 1. The Bertz CT molecular complexity index is 1270. The summed E-state index contributed by atoms with van der Waals surface area (Å²) in [6.07, 6.45) is 0.784. The summed E-state index contributed by atoms with van der Waals surface area (Å²) in [4.78, 5) is 21.5. The summed E-state index contributed by atoms with van der Waals surface area (Å²) in [5.74, 6) is 1.30. The van der Waals surface area contributed by atoms with Crippen LogP contribution in [0.25, 0.3) is 5.78 Å². The van der Waals surface area contributed by atoms with Gasteiger partial charge in [0.05, 0.1) is 12.9 Å². The molecule has 0 unspecified atom stereocenters. The van der Waals surface area contributed by atoms with E-state index >= 15 is 0 Å². The highest BCUT2D eigenvalue weighted by Crippen LogP contribution is 2.22. The fourth-order valence-electron chi connectivity index (χ4n) is 3.45. The lowest BCUT2D eigenvalue weighted by Crippen LogP contribution is -2.14. The van der Waals surface area contributed by atoms with Gasteiger partial charge < -0.3 is 10.1 Å². The first-order valence-corrected chi connectivity index (χ1v) is 11.3. The van der Waals surface area contributed by atoms with Crippen molar-refractivity contribution >= 4 is 29.1 Å². The highest BCUT2D eigenvalue weighted by atomic mass is 32.2. The Balaban J connectivity index is 1.47. The summed E-state index contributed by atoms with van der Waals surface area (Å²) in [5, 5.41) is 7.97. The molecule has 1 amide bonds. The number of carbonyl (C=O) groups is 1. The smallest absolute Gasteiger partial charge is 0.253 e. The number of carbonyl (C=O) groups excluding carboxylic acids is 1. The van der Waals surface area contributed by atoms with Gasteiger partial charge in [-0.15, -0.1) is 5.10 Å². The molecule has 0 atom stereocenters. The molecule has 0 saturated heterocycles. The van der Waals surface area contributed by atoms with E-state index in [9.17, 15) is 4.79 Å². The molecule has 2 aromatic carbocycles. The van der Waals surface area contributed by atoms with Crippen molar-refractivity contribution in [3.8, 4) is 5.75 Å². The number of aryl methyl sites for hydroxylation is 3. The third-order valence-corrected chi connectivity index (χ3v) is 6.05. The zero-order valence-electron chi connectivity index (χ0n) is 18.5. The molecule has 0 aliphatic rings. The lowest BCUT2D eigenvalue weighted by Gasteiger charge is -2.10. The predicted octanol–water partition coefficient (Wildman–Crippen LogP) is 4.38. The van der Waals surface area contributed by atoms with Crippen LogP contribution >= 0.6 is 11.8 Å². The Kier molecular flexibility index (Phi) is 6.41. The Morgan fingerprint density at radius 3 is 2.62 bits per heavy atom. The maximum absolute atomic E-state index is 12.4. The molecule has 2 aromatic heterocycles. The van der Waals surface area contributed by atoms with Gasteiger partial charge in [-0.3, -0.25) is 4.79 Å². The average molecular weight is 448 g/mol. The van der Waals surface area contributed by atoms with Crippen LogP contribution in [0.5, 0.6) is 5.75 Å². The molecule has 164 valence electrons. The third-order valence-electron chi connectivity index (χ3n) is 5.22. The highest BCUT2D eigenvalue weighted by Gasteiger charge is 2.15. The molecule has 4 aromatic rings. The van der Waals surface area contributed by atoms with Gasteiger partial charge in [-0.1, -0.05) is 47.7 Å². The quantitative estimate of drug-likeness (QED) is 0.424. The number of ether oxygens (including phenoxy) is 1. The monoisotopic (exact) mass is 447 g/mol. The summed E-state index contributed by atoms with van der Waals surface area (Å²) in [6, 6.07) is 15.8. The number of anilines is 1. The van der Waals surface area contributed by atoms with Gasteiger partial charge in [0, 0.05) is 29.6 Å². The highest BCUT2D eigenvalue weighted by molar-refractivity contribution is 7.99. The van der Waals surface area contributed by atoms with Crippen LogP contribution in [0.1, 0.15) is 28.1 Å². The lowest BCUT2D eigenvalue weighted by atomic mass is 10.0. The number of hydrogen-bond donors (Lipinski definition) is 1. The van der Waals surface area contributed by atoms with Crippen LogP contribution in [0.3, 0.4) is 0 Å². The van der Waals surface area contributed by atoms with Gasteiger partial charge in [0.25, 0.3) is 5.78 Å². The van der Waals surface area contributed by atoms with E-state index in [1.807, 2.05) is 32.0 Å². The SMILES string of the molecule is COc1cccc(NC(=O)CSc2nc3nc(C)c(Cc4ccc(C)cc4)c(C)n3n2)c1. The molecule has 4 rings (SSSR count). The second-order valence-electron chi connectivity index (χ2n) is 7.60. The van der Waals surface area contributed by atoms with E-state index in [-0.39, 0.29) is 11.7 Å². The minimum absolute atomic E-state index is 0.136. The van der Waals surface area contributed by atoms with Crippen LogP contribution in [0, 0.1) is 20.8 Å². The van der Waals surface area contributed by atoms with Gasteiger partial charge in [-0.05, 0) is 44.0 Å². The Morgan fingerprint density at radius 2 is 1.88 bits per heavy atom. The van der Waals surface area contributed by atoms with Crippen LogP contribution in [-0.4, -0.2) is 38.4 Å². The first-order chi connectivity index (χ1) is 15.4. The van der Waals surface area contributed by atoms with Gasteiger partial charge in [0.1, 0.15) is 5.75 Å². The van der Waals surface area contributed by atoms with Crippen LogP contribution in [0.2, 0.25) is 0 Å². The van der Waals surface area contributed by atoms with E-state index in [4.69, 9.17) is 4.74 Å².